The van der Waals surface area contributed by atoms with Crippen molar-refractivity contribution in [3.05, 3.63) is 29.8 Å². The smallest absolute Gasteiger partial charge is 0.328 e. The van der Waals surface area contributed by atoms with Crippen molar-refractivity contribution in [1.29, 1.82) is 0 Å². The molecule has 1 heterocycles. The molecule has 0 unspecified atom stereocenters. The van der Waals surface area contributed by atoms with Crippen LogP contribution in [0.4, 0.5) is 4.79 Å². The van der Waals surface area contributed by atoms with E-state index in [0.29, 0.717) is 13.0 Å². The average Bonchev–Trinajstić information content (AvgIpc) is 2.70. The highest BCUT2D eigenvalue weighted by Gasteiger charge is 2.31. The predicted octanol–water partition coefficient (Wildman–Crippen LogP) is 2.79. The van der Waals surface area contributed by atoms with Gasteiger partial charge in [0.15, 0.2) is 0 Å². The van der Waals surface area contributed by atoms with Gasteiger partial charge in [0.25, 0.3) is 0 Å². The molecule has 1 saturated heterocycles. The number of ether oxygens (including phenoxy) is 2. The molecule has 0 aromatic heterocycles. The van der Waals surface area contributed by atoms with Crippen LogP contribution in [-0.2, 0) is 9.53 Å². The minimum atomic E-state index is -0.619. The molecule has 0 saturated carbocycles. The normalized spacial score (nSPS) is 18.1. The summed E-state index contributed by atoms with van der Waals surface area (Å²) in [6.07, 6.45) is 2.52. The molecule has 2 amide bonds. The fourth-order valence-corrected chi connectivity index (χ4v) is 4.37. The minimum absolute atomic E-state index is 0.0292. The Hall–Kier alpha value is -1.54. The maximum atomic E-state index is 12.9. The molecule has 1 aromatic rings. The number of carbonyl (C=O) groups excluding carboxylic acids is 2. The van der Waals surface area contributed by atoms with Crippen LogP contribution in [0.3, 0.4) is 0 Å². The summed E-state index contributed by atoms with van der Waals surface area (Å²) in [5.41, 5.74) is 1.06. The molecule has 1 aliphatic rings. The van der Waals surface area contributed by atoms with Gasteiger partial charge in [0, 0.05) is 18.1 Å². The maximum absolute atomic E-state index is 12.9. The van der Waals surface area contributed by atoms with Crippen molar-refractivity contribution in [2.24, 2.45) is 0 Å². The van der Waals surface area contributed by atoms with Crippen LogP contribution in [0.25, 0.3) is 0 Å². The zero-order valence-corrected chi connectivity index (χ0v) is 17.0. The molecule has 1 N–H and O–H groups in total. The van der Waals surface area contributed by atoms with Crippen molar-refractivity contribution >= 4 is 35.5 Å². The van der Waals surface area contributed by atoms with E-state index in [1.165, 1.54) is 7.11 Å². The Balaban J connectivity index is 2.11. The number of nitrogens with one attached hydrogen (secondary N) is 1. The van der Waals surface area contributed by atoms with E-state index >= 15 is 0 Å². The van der Waals surface area contributed by atoms with E-state index in [2.05, 4.69) is 5.32 Å². The van der Waals surface area contributed by atoms with Crippen LogP contribution in [0, 0.1) is 0 Å². The largest absolute Gasteiger partial charge is 0.497 e. The third-order valence-electron chi connectivity index (χ3n) is 4.28. The van der Waals surface area contributed by atoms with Gasteiger partial charge < -0.3 is 19.7 Å². The van der Waals surface area contributed by atoms with Crippen LogP contribution in [-0.4, -0.2) is 67.2 Å². The molecular weight excluding hydrogens is 372 g/mol. The van der Waals surface area contributed by atoms with Gasteiger partial charge >= 0.3 is 12.0 Å². The SMILES string of the molecule is COC(=O)[C@H](CCSC)NC(=O)N1CCSC[C@@H]1c1ccc(OC)cc1. The summed E-state index contributed by atoms with van der Waals surface area (Å²) in [6.45, 7) is 0.642. The van der Waals surface area contributed by atoms with Crippen LogP contribution in [0.5, 0.6) is 5.75 Å². The van der Waals surface area contributed by atoms with E-state index in [1.807, 2.05) is 47.2 Å². The molecule has 1 aliphatic heterocycles. The Morgan fingerprint density at radius 2 is 2.08 bits per heavy atom. The summed E-state index contributed by atoms with van der Waals surface area (Å²) in [5.74, 6) is 2.87. The van der Waals surface area contributed by atoms with Crippen LogP contribution < -0.4 is 10.1 Å². The molecule has 8 heteroatoms. The van der Waals surface area contributed by atoms with Crippen molar-refractivity contribution in [3.8, 4) is 5.75 Å². The van der Waals surface area contributed by atoms with Gasteiger partial charge in [-0.2, -0.15) is 23.5 Å². The topological polar surface area (TPSA) is 67.9 Å². The number of esters is 1. The van der Waals surface area contributed by atoms with E-state index in [0.717, 1.165) is 28.6 Å². The Morgan fingerprint density at radius 1 is 1.35 bits per heavy atom. The van der Waals surface area contributed by atoms with Gasteiger partial charge in [0.1, 0.15) is 11.8 Å². The highest BCUT2D eigenvalue weighted by molar-refractivity contribution is 7.99. The second-order valence-electron chi connectivity index (χ2n) is 5.86. The molecule has 144 valence electrons. The molecule has 2 atom stereocenters. The van der Waals surface area contributed by atoms with Gasteiger partial charge in [-0.25, -0.2) is 9.59 Å². The van der Waals surface area contributed by atoms with Gasteiger partial charge in [-0.1, -0.05) is 12.1 Å². The quantitative estimate of drug-likeness (QED) is 0.713. The fourth-order valence-electron chi connectivity index (χ4n) is 2.81. The lowest BCUT2D eigenvalue weighted by atomic mass is 10.1. The number of rotatable bonds is 7. The molecule has 1 fully saturated rings. The first-order chi connectivity index (χ1) is 12.6. The Labute approximate surface area is 163 Å². The summed E-state index contributed by atoms with van der Waals surface area (Å²) < 4.78 is 10.0. The Morgan fingerprint density at radius 3 is 2.69 bits per heavy atom. The molecule has 1 aromatic carbocycles. The molecule has 0 radical (unpaired) electrons. The first kappa shape index (κ1) is 20.8. The summed E-state index contributed by atoms with van der Waals surface area (Å²) >= 11 is 3.46. The summed E-state index contributed by atoms with van der Waals surface area (Å²) in [5, 5.41) is 2.86. The van der Waals surface area contributed by atoms with Gasteiger partial charge in [-0.15, -0.1) is 0 Å². The molecule has 26 heavy (non-hydrogen) atoms. The summed E-state index contributed by atoms with van der Waals surface area (Å²) in [7, 11) is 2.98. The molecule has 2 rings (SSSR count). The minimum Gasteiger partial charge on any atom is -0.497 e. The number of nitrogens with zero attached hydrogens (tertiary/aromatic N) is 1. The van der Waals surface area contributed by atoms with Crippen molar-refractivity contribution < 1.29 is 19.1 Å². The first-order valence-electron chi connectivity index (χ1n) is 8.46. The molecule has 0 spiro atoms. The van der Waals surface area contributed by atoms with E-state index < -0.39 is 12.0 Å². The average molecular weight is 399 g/mol. The number of methoxy groups -OCH3 is 2. The number of hydrogen-bond acceptors (Lipinski definition) is 6. The van der Waals surface area contributed by atoms with E-state index in [-0.39, 0.29) is 12.1 Å². The van der Waals surface area contributed by atoms with E-state index in [1.54, 1.807) is 18.9 Å². The Bertz CT molecular complexity index is 597. The highest BCUT2D eigenvalue weighted by Crippen LogP contribution is 2.30. The highest BCUT2D eigenvalue weighted by atomic mass is 32.2. The monoisotopic (exact) mass is 398 g/mol. The summed E-state index contributed by atoms with van der Waals surface area (Å²) in [4.78, 5) is 26.7. The fraction of sp³-hybridized carbons (Fsp3) is 0.556. The number of benzene rings is 1. The van der Waals surface area contributed by atoms with Gasteiger partial charge in [0.05, 0.1) is 20.3 Å². The first-order valence-corrected chi connectivity index (χ1v) is 11.0. The third-order valence-corrected chi connectivity index (χ3v) is 5.95. The maximum Gasteiger partial charge on any atom is 0.328 e. The standard InChI is InChI=1S/C18H26N2O4S2/c1-23-14-6-4-13(5-7-14)16-12-26-11-9-20(16)18(22)19-15(8-10-25-3)17(21)24-2/h4-7,15-16H,8-12H2,1-3H3,(H,19,22)/t15-,16+/m0/s1. The van der Waals surface area contributed by atoms with Crippen LogP contribution in [0.15, 0.2) is 24.3 Å². The third kappa shape index (κ3) is 5.48. The van der Waals surface area contributed by atoms with Crippen molar-refractivity contribution in [2.45, 2.75) is 18.5 Å². The lowest BCUT2D eigenvalue weighted by Gasteiger charge is -2.36. The van der Waals surface area contributed by atoms with Crippen LogP contribution >= 0.6 is 23.5 Å². The van der Waals surface area contributed by atoms with Gasteiger partial charge in [-0.3, -0.25) is 0 Å². The molecule has 6 nitrogen and oxygen atoms in total. The van der Waals surface area contributed by atoms with Crippen molar-refractivity contribution in [3.63, 3.8) is 0 Å². The van der Waals surface area contributed by atoms with Crippen molar-refractivity contribution in [1.82, 2.24) is 10.2 Å². The number of carbonyl (C=O) groups is 2. The van der Waals surface area contributed by atoms with Gasteiger partial charge in [0.2, 0.25) is 0 Å². The lowest BCUT2D eigenvalue weighted by molar-refractivity contribution is -0.142. The molecule has 0 bridgehead atoms. The van der Waals surface area contributed by atoms with Crippen LogP contribution in [0.1, 0.15) is 18.0 Å². The zero-order chi connectivity index (χ0) is 18.9. The molecule has 0 aliphatic carbocycles. The second kappa shape index (κ2) is 10.6. The Kier molecular flexibility index (Phi) is 8.44. The van der Waals surface area contributed by atoms with Gasteiger partial charge in [-0.05, 0) is 36.1 Å². The number of thioether (sulfide) groups is 2. The van der Waals surface area contributed by atoms with E-state index in [9.17, 15) is 9.59 Å². The second-order valence-corrected chi connectivity index (χ2v) is 8.00. The zero-order valence-electron chi connectivity index (χ0n) is 15.4. The predicted molar refractivity (Wildman–Crippen MR) is 107 cm³/mol. The number of urea groups is 1. The number of amides is 2. The van der Waals surface area contributed by atoms with Crippen LogP contribution in [0.2, 0.25) is 0 Å². The van der Waals surface area contributed by atoms with E-state index in [4.69, 9.17) is 9.47 Å². The number of hydrogen-bond donors (Lipinski definition) is 1. The molecular formula is C18H26N2O4S2. The summed E-state index contributed by atoms with van der Waals surface area (Å²) in [6, 6.07) is 6.91. The van der Waals surface area contributed by atoms with Crippen molar-refractivity contribution in [2.75, 3.05) is 44.3 Å². The lowest BCUT2D eigenvalue weighted by Crippen LogP contribution is -2.51.